The molecule has 0 radical (unpaired) electrons. The number of nitrogens with two attached hydrogens (primary N) is 1. The zero-order valence-corrected chi connectivity index (χ0v) is 8.83. The van der Waals surface area contributed by atoms with Crippen molar-refractivity contribution in [3.8, 4) is 0 Å². The zero-order valence-electron chi connectivity index (χ0n) is 8.83. The maximum Gasteiger partial charge on any atom is 0.308 e. The number of carbonyl (C=O) groups is 1. The van der Waals surface area contributed by atoms with Gasteiger partial charge in [0, 0.05) is 11.9 Å². The molecule has 0 aliphatic rings. The summed E-state index contributed by atoms with van der Waals surface area (Å²) in [5, 5.41) is 19.2. The van der Waals surface area contributed by atoms with Gasteiger partial charge in [0.2, 0.25) is 0 Å². The fourth-order valence-corrected chi connectivity index (χ4v) is 1.19. The van der Waals surface area contributed by atoms with E-state index in [-0.39, 0.29) is 12.1 Å². The number of nitrogens with zero attached hydrogens (tertiary/aromatic N) is 1. The van der Waals surface area contributed by atoms with Crippen LogP contribution in [0.25, 0.3) is 0 Å². The number of ether oxygens (including phenoxy) is 1. The summed E-state index contributed by atoms with van der Waals surface area (Å²) >= 11 is 0. The van der Waals surface area contributed by atoms with Crippen LogP contribution >= 0.6 is 0 Å². The lowest BCUT2D eigenvalue weighted by molar-refractivity contribution is -0.144. The minimum atomic E-state index is -1.26. The lowest BCUT2D eigenvalue weighted by atomic mass is 10.1. The highest BCUT2D eigenvalue weighted by atomic mass is 16.5. The van der Waals surface area contributed by atoms with Crippen molar-refractivity contribution in [3.05, 3.63) is 24.0 Å². The fourth-order valence-electron chi connectivity index (χ4n) is 1.19. The van der Waals surface area contributed by atoms with Crippen molar-refractivity contribution in [1.29, 1.82) is 0 Å². The second-order valence-corrected chi connectivity index (χ2v) is 3.31. The number of aliphatic hydroxyl groups excluding tert-OH is 2. The van der Waals surface area contributed by atoms with Crippen LogP contribution in [0.3, 0.4) is 0 Å². The summed E-state index contributed by atoms with van der Waals surface area (Å²) in [6.07, 6.45) is -1.41. The van der Waals surface area contributed by atoms with Crippen LogP contribution in [0.5, 0.6) is 0 Å². The van der Waals surface area contributed by atoms with Crippen molar-refractivity contribution >= 4 is 11.7 Å². The number of aliphatic hydroxyl groups is 2. The number of hydrogen-bond donors (Lipinski definition) is 3. The van der Waals surface area contributed by atoms with E-state index in [9.17, 15) is 15.0 Å². The van der Waals surface area contributed by atoms with Gasteiger partial charge in [-0.1, -0.05) is 0 Å². The molecule has 16 heavy (non-hydrogen) atoms. The van der Waals surface area contributed by atoms with Crippen LogP contribution in [0.4, 0.5) is 5.69 Å². The normalized spacial score (nSPS) is 14.2. The van der Waals surface area contributed by atoms with E-state index in [0.29, 0.717) is 5.69 Å². The van der Waals surface area contributed by atoms with Gasteiger partial charge < -0.3 is 20.7 Å². The highest BCUT2D eigenvalue weighted by Crippen LogP contribution is 2.18. The first kappa shape index (κ1) is 12.4. The van der Waals surface area contributed by atoms with Crippen LogP contribution in [0.15, 0.2) is 18.3 Å². The van der Waals surface area contributed by atoms with Crippen LogP contribution in [0.2, 0.25) is 0 Å². The molecule has 2 atom stereocenters. The Morgan fingerprint density at radius 1 is 1.62 bits per heavy atom. The number of hydrogen-bond acceptors (Lipinski definition) is 6. The Bertz CT molecular complexity index is 370. The van der Waals surface area contributed by atoms with E-state index in [1.807, 2.05) is 0 Å². The molecule has 1 aromatic heterocycles. The van der Waals surface area contributed by atoms with Crippen molar-refractivity contribution in [2.75, 3.05) is 12.8 Å². The Balaban J connectivity index is 2.70. The van der Waals surface area contributed by atoms with Crippen LogP contribution < -0.4 is 5.73 Å². The van der Waals surface area contributed by atoms with Crippen molar-refractivity contribution in [3.63, 3.8) is 0 Å². The van der Waals surface area contributed by atoms with Gasteiger partial charge in [0.1, 0.15) is 6.10 Å². The van der Waals surface area contributed by atoms with Crippen molar-refractivity contribution in [2.45, 2.75) is 18.6 Å². The van der Waals surface area contributed by atoms with Crippen LogP contribution in [-0.2, 0) is 9.53 Å². The monoisotopic (exact) mass is 226 g/mol. The predicted octanol–water partition coefficient (Wildman–Crippen LogP) is -0.379. The summed E-state index contributed by atoms with van der Waals surface area (Å²) in [5.41, 5.74) is 6.14. The number of aromatic nitrogens is 1. The quantitative estimate of drug-likeness (QED) is 0.604. The summed E-state index contributed by atoms with van der Waals surface area (Å²) < 4.78 is 4.38. The van der Waals surface area contributed by atoms with Gasteiger partial charge >= 0.3 is 5.97 Å². The second kappa shape index (κ2) is 5.43. The van der Waals surface area contributed by atoms with Gasteiger partial charge in [-0.15, -0.1) is 0 Å². The molecule has 0 aromatic carbocycles. The molecular formula is C10H14N2O4. The molecule has 0 spiro atoms. The molecule has 6 heteroatoms. The summed E-state index contributed by atoms with van der Waals surface area (Å²) in [7, 11) is 1.21. The third-order valence-corrected chi connectivity index (χ3v) is 2.08. The Morgan fingerprint density at radius 2 is 2.31 bits per heavy atom. The molecule has 0 amide bonds. The highest BCUT2D eigenvalue weighted by Gasteiger charge is 2.22. The molecule has 0 bridgehead atoms. The lowest BCUT2D eigenvalue weighted by Crippen LogP contribution is -2.23. The van der Waals surface area contributed by atoms with Crippen LogP contribution in [0, 0.1) is 0 Å². The van der Waals surface area contributed by atoms with E-state index < -0.39 is 18.2 Å². The standard InChI is InChI=1S/C10H14N2O4/c1-16-9(14)5-8(13)10(15)7-4-6(11)2-3-12-7/h2-4,8,10,13,15H,5H2,1H3,(H2,11,12). The minimum Gasteiger partial charge on any atom is -0.469 e. The Labute approximate surface area is 92.7 Å². The largest absolute Gasteiger partial charge is 0.469 e. The van der Waals surface area contributed by atoms with Gasteiger partial charge in [0.05, 0.1) is 25.3 Å². The van der Waals surface area contributed by atoms with E-state index in [0.717, 1.165) is 0 Å². The topological polar surface area (TPSA) is 106 Å². The molecule has 2 unspecified atom stereocenters. The molecular weight excluding hydrogens is 212 g/mol. The van der Waals surface area contributed by atoms with Gasteiger partial charge in [-0.3, -0.25) is 9.78 Å². The molecule has 6 nitrogen and oxygen atoms in total. The molecule has 0 fully saturated rings. The number of rotatable bonds is 4. The van der Waals surface area contributed by atoms with Crippen molar-refractivity contribution in [1.82, 2.24) is 4.98 Å². The molecule has 0 saturated carbocycles. The number of esters is 1. The molecule has 1 aromatic rings. The first-order valence-electron chi connectivity index (χ1n) is 4.69. The number of methoxy groups -OCH3 is 1. The molecule has 1 rings (SSSR count). The zero-order chi connectivity index (χ0) is 12.1. The first-order valence-corrected chi connectivity index (χ1v) is 4.69. The number of nitrogen functional groups attached to an aromatic ring is 1. The van der Waals surface area contributed by atoms with Gasteiger partial charge in [-0.25, -0.2) is 0 Å². The Morgan fingerprint density at radius 3 is 2.88 bits per heavy atom. The summed E-state index contributed by atoms with van der Waals surface area (Å²) in [6.45, 7) is 0. The van der Waals surface area contributed by atoms with Gasteiger partial charge in [0.15, 0.2) is 0 Å². The lowest BCUT2D eigenvalue weighted by Gasteiger charge is -2.16. The third-order valence-electron chi connectivity index (χ3n) is 2.08. The van der Waals surface area contributed by atoms with Crippen LogP contribution in [-0.4, -0.2) is 34.4 Å². The molecule has 0 aliphatic heterocycles. The highest BCUT2D eigenvalue weighted by molar-refractivity contribution is 5.69. The fraction of sp³-hybridized carbons (Fsp3) is 0.400. The SMILES string of the molecule is COC(=O)CC(O)C(O)c1cc(N)ccn1. The van der Waals surface area contributed by atoms with E-state index in [1.54, 1.807) is 6.07 Å². The number of pyridine rings is 1. The Hall–Kier alpha value is -1.66. The average molecular weight is 226 g/mol. The van der Waals surface area contributed by atoms with E-state index >= 15 is 0 Å². The maximum absolute atomic E-state index is 10.9. The molecule has 88 valence electrons. The summed E-state index contributed by atoms with van der Waals surface area (Å²) in [4.78, 5) is 14.7. The van der Waals surface area contributed by atoms with Gasteiger partial charge in [-0.05, 0) is 12.1 Å². The molecule has 0 aliphatic carbocycles. The minimum absolute atomic E-state index is 0.219. The molecule has 4 N–H and O–H groups in total. The maximum atomic E-state index is 10.9. The van der Waals surface area contributed by atoms with Crippen molar-refractivity contribution < 1.29 is 19.7 Å². The van der Waals surface area contributed by atoms with E-state index in [4.69, 9.17) is 5.73 Å². The molecule has 0 saturated heterocycles. The van der Waals surface area contributed by atoms with E-state index in [2.05, 4.69) is 9.72 Å². The summed E-state index contributed by atoms with van der Waals surface area (Å²) in [6, 6.07) is 2.99. The third kappa shape index (κ3) is 3.18. The van der Waals surface area contributed by atoms with Crippen molar-refractivity contribution in [2.24, 2.45) is 0 Å². The molecule has 1 heterocycles. The predicted molar refractivity (Wildman–Crippen MR) is 56.2 cm³/mol. The smallest absolute Gasteiger partial charge is 0.308 e. The van der Waals surface area contributed by atoms with Gasteiger partial charge in [0.25, 0.3) is 0 Å². The average Bonchev–Trinajstić information content (AvgIpc) is 2.27. The summed E-state index contributed by atoms with van der Waals surface area (Å²) in [5.74, 6) is -0.601. The first-order chi connectivity index (χ1) is 7.54. The number of carbonyl (C=O) groups excluding carboxylic acids is 1. The van der Waals surface area contributed by atoms with E-state index in [1.165, 1.54) is 19.4 Å². The number of anilines is 1. The second-order valence-electron chi connectivity index (χ2n) is 3.31. The van der Waals surface area contributed by atoms with Crippen LogP contribution in [0.1, 0.15) is 18.2 Å². The van der Waals surface area contributed by atoms with Gasteiger partial charge in [-0.2, -0.15) is 0 Å². The Kier molecular flexibility index (Phi) is 4.21.